The van der Waals surface area contributed by atoms with Gasteiger partial charge in [-0.05, 0) is 20.8 Å². The van der Waals surface area contributed by atoms with Gasteiger partial charge in [-0.1, -0.05) is 0 Å². The summed E-state index contributed by atoms with van der Waals surface area (Å²) in [5.74, 6) is 0. The average Bonchev–Trinajstić information content (AvgIpc) is 3.28. The Kier molecular flexibility index (Phi) is 4.97. The number of nitrogens with one attached hydrogen (secondary N) is 2. The number of rotatable bonds is 7. The Hall–Kier alpha value is -2.17. The zero-order valence-corrected chi connectivity index (χ0v) is 15.2. The first-order valence-electron chi connectivity index (χ1n) is 8.94. The number of hydrogen-bond acceptors (Lipinski definition) is 0. The molecular weight excluding hydrogens is 298 g/mol. The van der Waals surface area contributed by atoms with Crippen LogP contribution in [0.2, 0.25) is 0 Å². The van der Waals surface area contributed by atoms with Gasteiger partial charge >= 0.3 is 0 Å². The van der Waals surface area contributed by atoms with E-state index in [0.29, 0.717) is 18.1 Å². The van der Waals surface area contributed by atoms with Gasteiger partial charge in [0.25, 0.3) is 0 Å². The highest BCUT2D eigenvalue weighted by molar-refractivity contribution is 5.69. The Balaban J connectivity index is 1.52. The molecule has 2 aromatic rings. The lowest BCUT2D eigenvalue weighted by Gasteiger charge is -2.09. The number of nitrogens with zero attached hydrogens (tertiary/aromatic N) is 3. The minimum atomic E-state index is 0.461. The van der Waals surface area contributed by atoms with Gasteiger partial charge in [0.2, 0.25) is 6.33 Å². The van der Waals surface area contributed by atoms with Crippen LogP contribution in [0.25, 0.3) is 0 Å². The van der Waals surface area contributed by atoms with Gasteiger partial charge in [0.1, 0.15) is 11.9 Å². The van der Waals surface area contributed by atoms with E-state index in [9.17, 15) is 0 Å². The Bertz CT molecular complexity index is 721. The Labute approximate surface area is 144 Å². The van der Waals surface area contributed by atoms with Crippen LogP contribution in [0.1, 0.15) is 51.9 Å². The second-order valence-electron chi connectivity index (χ2n) is 7.27. The van der Waals surface area contributed by atoms with Crippen molar-refractivity contribution in [3.63, 3.8) is 0 Å². The van der Waals surface area contributed by atoms with Gasteiger partial charge in [-0.25, -0.2) is 14.1 Å². The van der Waals surface area contributed by atoms with Crippen LogP contribution in [-0.4, -0.2) is 33.5 Å². The van der Waals surface area contributed by atoms with Crippen molar-refractivity contribution in [1.82, 2.24) is 10.1 Å². The summed E-state index contributed by atoms with van der Waals surface area (Å²) in [5.41, 5.74) is 2.80. The predicted octanol–water partition coefficient (Wildman–Crippen LogP) is 2.10. The van der Waals surface area contributed by atoms with Crippen molar-refractivity contribution in [1.29, 1.82) is 0 Å². The van der Waals surface area contributed by atoms with Crippen molar-refractivity contribution in [2.24, 2.45) is 0 Å². The van der Waals surface area contributed by atoms with E-state index in [2.05, 4.69) is 82.6 Å². The maximum Gasteiger partial charge on any atom is 0.241 e. The molecule has 24 heavy (non-hydrogen) atoms. The summed E-state index contributed by atoms with van der Waals surface area (Å²) in [5, 5.41) is 3.25. The van der Waals surface area contributed by atoms with Crippen molar-refractivity contribution in [3.8, 4) is 0 Å². The monoisotopic (exact) mass is 328 g/mol. The summed E-state index contributed by atoms with van der Waals surface area (Å²) in [7, 11) is 0. The maximum atomic E-state index is 3.40. The molecule has 0 saturated carbocycles. The molecule has 0 fully saturated rings. The standard InChI is InChI=1S/C19H28N5/c1-15(2)23-13-19(20-14-23)11-16(3)22-9-6-18(12-22)10-17(4)24-8-5-7-21-24/h5-9,13-17H,10-12H2,1-4H3/q+1/p+2. The van der Waals surface area contributed by atoms with E-state index in [4.69, 9.17) is 0 Å². The Morgan fingerprint density at radius 2 is 1.96 bits per heavy atom. The molecule has 5 nitrogen and oxygen atoms in total. The fourth-order valence-electron chi connectivity index (χ4n) is 3.29. The first kappa shape index (κ1) is 16.7. The molecule has 0 bridgehead atoms. The number of aromatic nitrogens is 4. The molecule has 1 aliphatic heterocycles. The highest BCUT2D eigenvalue weighted by Gasteiger charge is 2.26. The van der Waals surface area contributed by atoms with Gasteiger partial charge in [0.05, 0.1) is 18.7 Å². The van der Waals surface area contributed by atoms with E-state index >= 15 is 0 Å². The van der Waals surface area contributed by atoms with Crippen molar-refractivity contribution < 1.29 is 13.8 Å². The SMILES string of the molecule is CC(Cc1c[n+](C(C)C)c[nH]1)[N+]1=CC=C(CC(C)[n+]2ccc[nH]2)C1. The fraction of sp³-hybridized carbons (Fsp3) is 0.526. The summed E-state index contributed by atoms with van der Waals surface area (Å²) in [6, 6.07) is 3.50. The van der Waals surface area contributed by atoms with Crippen molar-refractivity contribution in [3.05, 3.63) is 48.3 Å². The molecule has 5 heteroatoms. The third-order valence-corrected chi connectivity index (χ3v) is 4.87. The Morgan fingerprint density at radius 3 is 2.62 bits per heavy atom. The summed E-state index contributed by atoms with van der Waals surface area (Å²) in [4.78, 5) is 3.40. The molecular formula is C19H30N5+3. The predicted molar refractivity (Wildman–Crippen MR) is 94.1 cm³/mol. The number of imidazole rings is 1. The van der Waals surface area contributed by atoms with Gasteiger partial charge in [0.15, 0.2) is 31.0 Å². The summed E-state index contributed by atoms with van der Waals surface area (Å²) in [6.45, 7) is 10.0. The normalized spacial score (nSPS) is 17.0. The number of allylic oxidation sites excluding steroid dienone is 1. The van der Waals surface area contributed by atoms with Crippen LogP contribution in [0.15, 0.2) is 42.6 Å². The minimum Gasteiger partial charge on any atom is -0.247 e. The zero-order valence-electron chi connectivity index (χ0n) is 15.2. The highest BCUT2D eigenvalue weighted by Crippen LogP contribution is 2.16. The van der Waals surface area contributed by atoms with Crippen molar-refractivity contribution in [2.45, 2.75) is 58.7 Å². The molecule has 0 saturated heterocycles. The van der Waals surface area contributed by atoms with Crippen LogP contribution in [0, 0.1) is 0 Å². The molecule has 128 valence electrons. The smallest absolute Gasteiger partial charge is 0.241 e. The minimum absolute atomic E-state index is 0.461. The summed E-state index contributed by atoms with van der Waals surface area (Å²) >= 11 is 0. The molecule has 0 aromatic carbocycles. The third kappa shape index (κ3) is 3.83. The van der Waals surface area contributed by atoms with Crippen molar-refractivity contribution >= 4 is 6.21 Å². The summed E-state index contributed by atoms with van der Waals surface area (Å²) < 4.78 is 6.84. The van der Waals surface area contributed by atoms with Gasteiger partial charge in [-0.15, -0.1) is 4.68 Å². The van der Waals surface area contributed by atoms with Crippen LogP contribution in [-0.2, 0) is 6.42 Å². The lowest BCUT2D eigenvalue weighted by molar-refractivity contribution is -0.770. The molecule has 0 aliphatic carbocycles. The lowest BCUT2D eigenvalue weighted by Crippen LogP contribution is -2.39. The molecule has 1 aliphatic rings. The maximum absolute atomic E-state index is 3.40. The first-order valence-corrected chi connectivity index (χ1v) is 8.94. The third-order valence-electron chi connectivity index (χ3n) is 4.87. The van der Waals surface area contributed by atoms with Crippen LogP contribution >= 0.6 is 0 Å². The molecule has 3 rings (SSSR count). The highest BCUT2D eigenvalue weighted by atomic mass is 15.3. The van der Waals surface area contributed by atoms with Gasteiger partial charge in [-0.2, -0.15) is 5.10 Å². The van der Waals surface area contributed by atoms with Crippen LogP contribution in [0.5, 0.6) is 0 Å². The number of hydrogen-bond donors (Lipinski definition) is 2. The molecule has 2 N–H and O–H groups in total. The molecule has 3 heterocycles. The average molecular weight is 328 g/mol. The van der Waals surface area contributed by atoms with Gasteiger partial charge < -0.3 is 0 Å². The van der Waals surface area contributed by atoms with Crippen LogP contribution in [0.4, 0.5) is 0 Å². The quantitative estimate of drug-likeness (QED) is 0.731. The van der Waals surface area contributed by atoms with Gasteiger partial charge in [-0.3, -0.25) is 0 Å². The first-order chi connectivity index (χ1) is 11.5. The van der Waals surface area contributed by atoms with E-state index in [0.717, 1.165) is 19.4 Å². The largest absolute Gasteiger partial charge is 0.247 e. The second-order valence-corrected chi connectivity index (χ2v) is 7.27. The van der Waals surface area contributed by atoms with Crippen LogP contribution in [0.3, 0.4) is 0 Å². The number of aromatic amines is 2. The van der Waals surface area contributed by atoms with Crippen LogP contribution < -0.4 is 9.25 Å². The number of H-pyrrole nitrogens is 2. The second kappa shape index (κ2) is 7.16. The molecule has 2 unspecified atom stereocenters. The molecule has 0 radical (unpaired) electrons. The molecule has 0 spiro atoms. The molecule has 2 aromatic heterocycles. The van der Waals surface area contributed by atoms with E-state index in [-0.39, 0.29) is 0 Å². The Morgan fingerprint density at radius 1 is 1.12 bits per heavy atom. The topological polar surface area (TPSA) is 42.3 Å². The lowest BCUT2D eigenvalue weighted by atomic mass is 10.1. The van der Waals surface area contributed by atoms with Crippen molar-refractivity contribution in [2.75, 3.05) is 6.54 Å². The summed E-state index contributed by atoms with van der Waals surface area (Å²) in [6.07, 6.45) is 15.0. The molecule has 0 amide bonds. The van der Waals surface area contributed by atoms with E-state index in [1.165, 1.54) is 11.3 Å². The van der Waals surface area contributed by atoms with E-state index < -0.39 is 0 Å². The zero-order chi connectivity index (χ0) is 17.1. The van der Waals surface area contributed by atoms with E-state index in [1.807, 2.05) is 12.3 Å². The van der Waals surface area contributed by atoms with Gasteiger partial charge in [0, 0.05) is 31.1 Å². The fourth-order valence-corrected chi connectivity index (χ4v) is 3.29. The van der Waals surface area contributed by atoms with E-state index in [1.54, 1.807) is 0 Å². The molecule has 2 atom stereocenters.